The molecule has 1 heterocycles. The Kier molecular flexibility index (Phi) is 1.39. The molecule has 0 aromatic heterocycles. The lowest BCUT2D eigenvalue weighted by Crippen LogP contribution is -2.39. The topological polar surface area (TPSA) is 96.5 Å². The molecule has 0 unspecified atom stereocenters. The summed E-state index contributed by atoms with van der Waals surface area (Å²) in [5.74, 6) is -0.685. The highest BCUT2D eigenvalue weighted by Gasteiger charge is 2.26. The highest BCUT2D eigenvalue weighted by molar-refractivity contribution is 6.61. The van der Waals surface area contributed by atoms with Gasteiger partial charge in [0, 0.05) is 0 Å². The van der Waals surface area contributed by atoms with E-state index in [2.05, 4.69) is 9.78 Å². The van der Waals surface area contributed by atoms with E-state index >= 15 is 0 Å². The second-order valence-corrected chi connectivity index (χ2v) is 1.51. The zero-order valence-corrected chi connectivity index (χ0v) is 4.79. The molecule has 0 saturated carbocycles. The SMILES string of the molecule is N=[N+]=C1C=NC(=O)NC1=O. The molecule has 0 fully saturated rings. The lowest BCUT2D eigenvalue weighted by Gasteiger charge is -1.95. The Morgan fingerprint density at radius 3 is 2.80 bits per heavy atom. The van der Waals surface area contributed by atoms with E-state index < -0.39 is 11.9 Å². The van der Waals surface area contributed by atoms with Crippen molar-refractivity contribution >= 4 is 23.9 Å². The fraction of sp³-hybridized carbons (Fsp3) is 0. The lowest BCUT2D eigenvalue weighted by molar-refractivity contribution is -0.134. The number of aliphatic imine (C=N–C) groups is 1. The molecule has 2 N–H and O–H groups in total. The molecule has 0 saturated heterocycles. The van der Waals surface area contributed by atoms with Gasteiger partial charge in [0.25, 0.3) is 0 Å². The van der Waals surface area contributed by atoms with Gasteiger partial charge in [-0.25, -0.2) is 4.79 Å². The summed E-state index contributed by atoms with van der Waals surface area (Å²) < 4.78 is 0. The second kappa shape index (κ2) is 2.20. The van der Waals surface area contributed by atoms with Crippen molar-refractivity contribution in [2.45, 2.75) is 0 Å². The van der Waals surface area contributed by atoms with Crippen LogP contribution in [0.15, 0.2) is 4.99 Å². The molecule has 6 heteroatoms. The van der Waals surface area contributed by atoms with Crippen molar-refractivity contribution < 1.29 is 14.4 Å². The third kappa shape index (κ3) is 0.958. The molecule has 0 radical (unpaired) electrons. The molecule has 6 nitrogen and oxygen atoms in total. The molecule has 50 valence electrons. The molecule has 1 rings (SSSR count). The van der Waals surface area contributed by atoms with Gasteiger partial charge < -0.3 is 0 Å². The van der Waals surface area contributed by atoms with Crippen LogP contribution in [0, 0.1) is 5.53 Å². The maximum absolute atomic E-state index is 10.6. The van der Waals surface area contributed by atoms with Crippen LogP contribution in [-0.4, -0.2) is 28.7 Å². The molecule has 1 aliphatic rings. The van der Waals surface area contributed by atoms with E-state index in [1.807, 2.05) is 5.32 Å². The number of carbonyl (C=O) groups is 2. The first-order valence-corrected chi connectivity index (χ1v) is 2.38. The number of amides is 3. The number of hydrogen-bond acceptors (Lipinski definition) is 3. The van der Waals surface area contributed by atoms with E-state index in [0.29, 0.717) is 0 Å². The maximum Gasteiger partial charge on any atom is 0.447 e. The van der Waals surface area contributed by atoms with Crippen LogP contribution in [0.1, 0.15) is 0 Å². The number of imide groups is 1. The maximum atomic E-state index is 10.6. The van der Waals surface area contributed by atoms with Gasteiger partial charge in [-0.3, -0.25) is 10.1 Å². The third-order valence-electron chi connectivity index (χ3n) is 0.878. The zero-order valence-electron chi connectivity index (χ0n) is 4.79. The van der Waals surface area contributed by atoms with Crippen LogP contribution in [0.4, 0.5) is 4.79 Å². The van der Waals surface area contributed by atoms with E-state index in [1.165, 1.54) is 0 Å². The van der Waals surface area contributed by atoms with E-state index in [-0.39, 0.29) is 5.71 Å². The van der Waals surface area contributed by atoms with Crippen molar-refractivity contribution in [3.05, 3.63) is 0 Å². The van der Waals surface area contributed by atoms with Crippen LogP contribution in [0.25, 0.3) is 0 Å². The van der Waals surface area contributed by atoms with Gasteiger partial charge in [0.2, 0.25) is 0 Å². The third-order valence-corrected chi connectivity index (χ3v) is 0.878. The van der Waals surface area contributed by atoms with Crippen molar-refractivity contribution in [1.29, 1.82) is 5.53 Å². The molecule has 0 spiro atoms. The summed E-state index contributed by atoms with van der Waals surface area (Å²) in [5.41, 5.74) is 6.25. The van der Waals surface area contributed by atoms with Crippen molar-refractivity contribution in [1.82, 2.24) is 5.32 Å². The van der Waals surface area contributed by atoms with Crippen LogP contribution in [0.3, 0.4) is 0 Å². The van der Waals surface area contributed by atoms with E-state index in [9.17, 15) is 9.59 Å². The first-order chi connectivity index (χ1) is 4.74. The van der Waals surface area contributed by atoms with Crippen LogP contribution in [0.5, 0.6) is 0 Å². The smallest absolute Gasteiger partial charge is 0.266 e. The first kappa shape index (κ1) is 6.31. The summed E-state index contributed by atoms with van der Waals surface area (Å²) in [6.07, 6.45) is 0.953. The Morgan fingerprint density at radius 2 is 2.30 bits per heavy atom. The van der Waals surface area contributed by atoms with Gasteiger partial charge in [-0.15, -0.1) is 0 Å². The normalized spacial score (nSPS) is 16.6. The monoisotopic (exact) mass is 139 g/mol. The Balaban J connectivity index is 3.04. The summed E-state index contributed by atoms with van der Waals surface area (Å²) in [4.78, 5) is 26.9. The van der Waals surface area contributed by atoms with Gasteiger partial charge in [-0.2, -0.15) is 4.99 Å². The van der Waals surface area contributed by atoms with Crippen LogP contribution < -0.4 is 5.32 Å². The van der Waals surface area contributed by atoms with Crippen LogP contribution in [0.2, 0.25) is 0 Å². The number of nitrogens with one attached hydrogen (secondary N) is 2. The summed E-state index contributed by atoms with van der Waals surface area (Å²) in [6.45, 7) is 0. The predicted octanol–water partition coefficient (Wildman–Crippen LogP) is -1.01. The van der Waals surface area contributed by atoms with E-state index in [0.717, 1.165) is 6.21 Å². The van der Waals surface area contributed by atoms with Crippen molar-refractivity contribution in [3.63, 3.8) is 0 Å². The first-order valence-electron chi connectivity index (χ1n) is 2.38. The van der Waals surface area contributed by atoms with Crippen LogP contribution >= 0.6 is 0 Å². The molecule has 1 aliphatic heterocycles. The Bertz CT molecular complexity index is 273. The van der Waals surface area contributed by atoms with E-state index in [4.69, 9.17) is 5.53 Å². The molecule has 0 aromatic carbocycles. The van der Waals surface area contributed by atoms with Gasteiger partial charge in [0.1, 0.15) is 6.21 Å². The van der Waals surface area contributed by atoms with Gasteiger partial charge in [-0.05, 0) is 0 Å². The number of urea groups is 1. The summed E-state index contributed by atoms with van der Waals surface area (Å²) in [7, 11) is 0. The number of nitrogens with zero attached hydrogens (tertiary/aromatic N) is 2. The Labute approximate surface area is 55.2 Å². The fourth-order valence-corrected chi connectivity index (χ4v) is 0.451. The predicted molar refractivity (Wildman–Crippen MR) is 30.0 cm³/mol. The van der Waals surface area contributed by atoms with Gasteiger partial charge in [0.05, 0.1) is 10.3 Å². The van der Waals surface area contributed by atoms with Crippen molar-refractivity contribution in [3.8, 4) is 0 Å². The quantitative estimate of drug-likeness (QED) is 0.332. The summed E-state index contributed by atoms with van der Waals surface area (Å²) in [6, 6.07) is -0.725. The Morgan fingerprint density at radius 1 is 1.60 bits per heavy atom. The summed E-state index contributed by atoms with van der Waals surface area (Å²) >= 11 is 0. The second-order valence-electron chi connectivity index (χ2n) is 1.51. The lowest BCUT2D eigenvalue weighted by atomic mass is 10.3. The minimum Gasteiger partial charge on any atom is -0.266 e. The number of carbonyl (C=O) groups excluding carboxylic acids is 2. The standard InChI is InChI=1S/C4H2N4O2/c5-8-2-1-6-4(10)7-3(2)9/h1,5H/p+1. The fourth-order valence-electron chi connectivity index (χ4n) is 0.451. The van der Waals surface area contributed by atoms with Crippen LogP contribution in [-0.2, 0) is 4.79 Å². The molecule has 10 heavy (non-hydrogen) atoms. The van der Waals surface area contributed by atoms with Gasteiger partial charge in [0.15, 0.2) is 0 Å². The molecule has 0 atom stereocenters. The molecular weight excluding hydrogens is 136 g/mol. The van der Waals surface area contributed by atoms with Gasteiger partial charge >= 0.3 is 17.6 Å². The average molecular weight is 139 g/mol. The minimum absolute atomic E-state index is 0.167. The number of rotatable bonds is 0. The molecule has 3 amide bonds. The average Bonchev–Trinajstić information content (AvgIpc) is 1.88. The molecule has 0 aliphatic carbocycles. The largest absolute Gasteiger partial charge is 0.447 e. The Hall–Kier alpha value is -1.81. The number of hydrogen-bond donors (Lipinski definition) is 2. The van der Waals surface area contributed by atoms with Crippen molar-refractivity contribution in [2.24, 2.45) is 4.99 Å². The molecule has 0 aromatic rings. The highest BCUT2D eigenvalue weighted by Crippen LogP contribution is 1.81. The molecular formula is C4H3N4O2+. The highest BCUT2D eigenvalue weighted by atomic mass is 16.2. The minimum atomic E-state index is -0.725. The zero-order chi connectivity index (χ0) is 7.56. The summed E-state index contributed by atoms with van der Waals surface area (Å²) in [5, 5.41) is 1.85. The van der Waals surface area contributed by atoms with Crippen molar-refractivity contribution in [2.75, 3.05) is 0 Å². The molecule has 0 bridgehead atoms. The van der Waals surface area contributed by atoms with E-state index in [1.54, 1.807) is 0 Å². The van der Waals surface area contributed by atoms with Gasteiger partial charge in [-0.1, -0.05) is 0 Å².